The van der Waals surface area contributed by atoms with Crippen LogP contribution in [0.3, 0.4) is 0 Å². The Hall–Kier alpha value is -4.13. The minimum absolute atomic E-state index is 0.00314. The summed E-state index contributed by atoms with van der Waals surface area (Å²) in [6, 6.07) is 17.5. The lowest BCUT2D eigenvalue weighted by atomic mass is 10.0. The maximum absolute atomic E-state index is 14.0. The first-order chi connectivity index (χ1) is 17.1. The number of fused-ring (bicyclic) bond motifs is 1. The Morgan fingerprint density at radius 3 is 2.26 bits per heavy atom. The lowest BCUT2D eigenvalue weighted by Gasteiger charge is -2.24. The Balaban J connectivity index is 1.62. The summed E-state index contributed by atoms with van der Waals surface area (Å²) in [6.07, 6.45) is 5.55. The van der Waals surface area contributed by atoms with E-state index in [4.69, 9.17) is 19.2 Å². The molecule has 0 N–H and O–H groups in total. The number of ether oxygens (including phenoxy) is 3. The summed E-state index contributed by atoms with van der Waals surface area (Å²) >= 11 is 0. The highest BCUT2D eigenvalue weighted by molar-refractivity contribution is 6.07. The van der Waals surface area contributed by atoms with Crippen LogP contribution in [0.1, 0.15) is 28.8 Å². The molecule has 0 radical (unpaired) electrons. The van der Waals surface area contributed by atoms with E-state index in [9.17, 15) is 4.79 Å². The normalized spacial score (nSPS) is 12.9. The molecule has 7 heteroatoms. The van der Waals surface area contributed by atoms with Crippen molar-refractivity contribution in [3.63, 3.8) is 0 Å². The van der Waals surface area contributed by atoms with Crippen LogP contribution in [0.25, 0.3) is 22.2 Å². The van der Waals surface area contributed by atoms with E-state index in [0.717, 1.165) is 34.9 Å². The van der Waals surface area contributed by atoms with Gasteiger partial charge in [-0.3, -0.25) is 9.78 Å². The average molecular weight is 470 g/mol. The van der Waals surface area contributed by atoms with Gasteiger partial charge in [0.25, 0.3) is 5.91 Å². The van der Waals surface area contributed by atoms with Gasteiger partial charge in [0.2, 0.25) is 5.75 Å². The van der Waals surface area contributed by atoms with Crippen LogP contribution in [-0.4, -0.2) is 48.1 Å². The Morgan fingerprint density at radius 1 is 0.943 bits per heavy atom. The molecule has 0 aliphatic heterocycles. The fourth-order valence-corrected chi connectivity index (χ4v) is 4.32. The van der Waals surface area contributed by atoms with Gasteiger partial charge >= 0.3 is 0 Å². The van der Waals surface area contributed by atoms with E-state index in [1.54, 1.807) is 33.7 Å². The molecule has 2 aromatic carbocycles. The number of pyridine rings is 2. The van der Waals surface area contributed by atoms with Crippen molar-refractivity contribution in [3.8, 4) is 28.5 Å². The van der Waals surface area contributed by atoms with Gasteiger partial charge in [-0.15, -0.1) is 0 Å². The molecule has 0 atom stereocenters. The molecule has 5 rings (SSSR count). The highest BCUT2D eigenvalue weighted by Gasteiger charge is 2.34. The number of benzene rings is 2. The van der Waals surface area contributed by atoms with Crippen LogP contribution in [-0.2, 0) is 6.54 Å². The SMILES string of the molecule is COc1cc(-c2cc(C(=O)N(Cc3ccncc3)C3CC3)c3ccccc3n2)cc(OC)c1OC. The molecule has 2 aromatic heterocycles. The number of nitrogens with zero attached hydrogens (tertiary/aromatic N) is 3. The summed E-state index contributed by atoms with van der Waals surface area (Å²) in [6.45, 7) is 0.544. The highest BCUT2D eigenvalue weighted by atomic mass is 16.5. The van der Waals surface area contributed by atoms with Crippen molar-refractivity contribution in [1.29, 1.82) is 0 Å². The first kappa shape index (κ1) is 22.7. The molecule has 1 amide bonds. The van der Waals surface area contributed by atoms with Crippen molar-refractivity contribution in [2.45, 2.75) is 25.4 Å². The van der Waals surface area contributed by atoms with E-state index in [-0.39, 0.29) is 11.9 Å². The van der Waals surface area contributed by atoms with Crippen molar-refractivity contribution in [2.75, 3.05) is 21.3 Å². The van der Waals surface area contributed by atoms with Gasteiger partial charge < -0.3 is 19.1 Å². The van der Waals surface area contributed by atoms with Crippen molar-refractivity contribution >= 4 is 16.8 Å². The number of hydrogen-bond acceptors (Lipinski definition) is 6. The van der Waals surface area contributed by atoms with E-state index in [1.807, 2.05) is 59.5 Å². The van der Waals surface area contributed by atoms with Crippen LogP contribution in [0.4, 0.5) is 0 Å². The summed E-state index contributed by atoms with van der Waals surface area (Å²) < 4.78 is 16.5. The van der Waals surface area contributed by atoms with Gasteiger partial charge in [0.1, 0.15) is 0 Å². The van der Waals surface area contributed by atoms with Crippen molar-refractivity contribution in [2.24, 2.45) is 0 Å². The van der Waals surface area contributed by atoms with E-state index >= 15 is 0 Å². The number of para-hydroxylation sites is 1. The van der Waals surface area contributed by atoms with Crippen LogP contribution in [0.5, 0.6) is 17.2 Å². The van der Waals surface area contributed by atoms with Crippen molar-refractivity contribution in [3.05, 3.63) is 78.1 Å². The molecular weight excluding hydrogens is 442 g/mol. The monoisotopic (exact) mass is 469 g/mol. The molecule has 7 nitrogen and oxygen atoms in total. The van der Waals surface area contributed by atoms with E-state index in [0.29, 0.717) is 35.1 Å². The van der Waals surface area contributed by atoms with Gasteiger partial charge in [-0.05, 0) is 54.8 Å². The second-order valence-corrected chi connectivity index (χ2v) is 8.51. The topological polar surface area (TPSA) is 73.8 Å². The lowest BCUT2D eigenvalue weighted by molar-refractivity contribution is 0.0732. The predicted molar refractivity (Wildman–Crippen MR) is 134 cm³/mol. The minimum atomic E-state index is -0.00314. The summed E-state index contributed by atoms with van der Waals surface area (Å²) in [4.78, 5) is 24.9. The Morgan fingerprint density at radius 2 is 1.63 bits per heavy atom. The molecule has 178 valence electrons. The number of rotatable bonds is 8. The van der Waals surface area contributed by atoms with Crippen molar-refractivity contribution in [1.82, 2.24) is 14.9 Å². The third-order valence-electron chi connectivity index (χ3n) is 6.26. The van der Waals surface area contributed by atoms with Gasteiger partial charge in [-0.2, -0.15) is 0 Å². The summed E-state index contributed by atoms with van der Waals surface area (Å²) in [5.74, 6) is 1.56. The molecule has 0 spiro atoms. The maximum Gasteiger partial charge on any atom is 0.255 e. The second-order valence-electron chi connectivity index (χ2n) is 8.51. The van der Waals surface area contributed by atoms with Crippen LogP contribution in [0, 0.1) is 0 Å². The van der Waals surface area contributed by atoms with Gasteiger partial charge in [0.05, 0.1) is 38.1 Å². The predicted octanol–water partition coefficient (Wildman–Crippen LogP) is 5.13. The highest BCUT2D eigenvalue weighted by Crippen LogP contribution is 2.41. The molecule has 1 saturated carbocycles. The zero-order valence-corrected chi connectivity index (χ0v) is 20.0. The summed E-state index contributed by atoms with van der Waals surface area (Å²) in [5, 5.41) is 0.828. The summed E-state index contributed by atoms with van der Waals surface area (Å²) in [5.41, 5.74) is 3.86. The fraction of sp³-hybridized carbons (Fsp3) is 0.250. The number of hydrogen-bond donors (Lipinski definition) is 0. The Kier molecular flexibility index (Phi) is 6.23. The standard InChI is InChI=1S/C28H27N3O4/c1-33-25-14-19(15-26(34-2)27(25)35-3)24-16-22(21-6-4-5-7-23(21)30-24)28(32)31(20-8-9-20)17-18-10-12-29-13-11-18/h4-7,10-16,20H,8-9,17H2,1-3H3. The van der Waals surface area contributed by atoms with Gasteiger partial charge in [-0.1, -0.05) is 18.2 Å². The second kappa shape index (κ2) is 9.62. The molecule has 1 aliphatic rings. The fourth-order valence-electron chi connectivity index (χ4n) is 4.32. The third kappa shape index (κ3) is 4.49. The van der Waals surface area contributed by atoms with Crippen LogP contribution < -0.4 is 14.2 Å². The maximum atomic E-state index is 14.0. The zero-order valence-electron chi connectivity index (χ0n) is 20.0. The third-order valence-corrected chi connectivity index (χ3v) is 6.26. The molecule has 1 aliphatic carbocycles. The van der Waals surface area contributed by atoms with E-state index < -0.39 is 0 Å². The quantitative estimate of drug-likeness (QED) is 0.356. The number of amides is 1. The Bertz CT molecular complexity index is 1340. The molecule has 0 unspecified atom stereocenters. The van der Waals surface area contributed by atoms with Crippen LogP contribution >= 0.6 is 0 Å². The minimum Gasteiger partial charge on any atom is -0.493 e. The summed E-state index contributed by atoms with van der Waals surface area (Å²) in [7, 11) is 4.73. The van der Waals surface area contributed by atoms with Crippen LogP contribution in [0.2, 0.25) is 0 Å². The zero-order chi connectivity index (χ0) is 24.4. The molecule has 0 bridgehead atoms. The molecule has 2 heterocycles. The number of aromatic nitrogens is 2. The lowest BCUT2D eigenvalue weighted by Crippen LogP contribution is -2.32. The number of carbonyl (C=O) groups excluding carboxylic acids is 1. The molecule has 35 heavy (non-hydrogen) atoms. The average Bonchev–Trinajstić information content (AvgIpc) is 3.75. The largest absolute Gasteiger partial charge is 0.493 e. The van der Waals surface area contributed by atoms with Gasteiger partial charge in [-0.25, -0.2) is 4.98 Å². The van der Waals surface area contributed by atoms with Crippen molar-refractivity contribution < 1.29 is 19.0 Å². The van der Waals surface area contributed by atoms with E-state index in [2.05, 4.69) is 4.98 Å². The number of carbonyl (C=O) groups is 1. The smallest absolute Gasteiger partial charge is 0.255 e. The first-order valence-corrected chi connectivity index (χ1v) is 11.5. The van der Waals surface area contributed by atoms with Gasteiger partial charge in [0.15, 0.2) is 11.5 Å². The molecular formula is C28H27N3O4. The Labute approximate surface area is 204 Å². The van der Waals surface area contributed by atoms with Crippen LogP contribution in [0.15, 0.2) is 67.0 Å². The van der Waals surface area contributed by atoms with Gasteiger partial charge in [0, 0.05) is 35.9 Å². The molecule has 4 aromatic rings. The molecule has 1 fully saturated rings. The number of methoxy groups -OCH3 is 3. The van der Waals surface area contributed by atoms with E-state index in [1.165, 1.54) is 0 Å². The molecule has 0 saturated heterocycles. The first-order valence-electron chi connectivity index (χ1n) is 11.5.